The molecule has 0 aromatic carbocycles. The van der Waals surface area contributed by atoms with E-state index in [-0.39, 0.29) is 37.8 Å². The van der Waals surface area contributed by atoms with Gasteiger partial charge in [0.05, 0.1) is 10.8 Å². The number of carbonyl (C=O) groups is 5. The molecule has 14 heteroatoms. The van der Waals surface area contributed by atoms with Crippen molar-refractivity contribution in [3.8, 4) is 0 Å². The maximum absolute atomic E-state index is 14.4. The number of fused-ring (bicyclic) bond motifs is 1. The molecule has 0 radical (unpaired) electrons. The second kappa shape index (κ2) is 16.7. The van der Waals surface area contributed by atoms with Gasteiger partial charge in [0.1, 0.15) is 6.04 Å². The number of sulfonamides is 1. The van der Waals surface area contributed by atoms with Crippen LogP contribution in [0.1, 0.15) is 107 Å². The molecule has 1 aliphatic carbocycles. The number of hydrogen-bond donors (Lipinski definition) is 2. The number of ketones is 3. The number of hydrogen-bond acceptors (Lipinski definition) is 7. The number of alkyl halides is 2. The molecule has 3 amide bonds. The van der Waals surface area contributed by atoms with Gasteiger partial charge in [-0.05, 0) is 62.7 Å². The van der Waals surface area contributed by atoms with Crippen molar-refractivity contribution in [2.75, 3.05) is 20.1 Å². The molecule has 0 bridgehead atoms. The lowest BCUT2D eigenvalue weighted by Crippen LogP contribution is -2.61. The van der Waals surface area contributed by atoms with Crippen LogP contribution < -0.4 is 10.6 Å². The van der Waals surface area contributed by atoms with E-state index in [0.717, 1.165) is 12.8 Å². The molecule has 50 heavy (non-hydrogen) atoms. The number of likely N-dealkylation sites (N-methyl/N-ethyl adjacent to an activating group) is 1. The fraction of sp³-hybridized carbons (Fsp3) is 0.806. The van der Waals surface area contributed by atoms with E-state index >= 15 is 0 Å². The van der Waals surface area contributed by atoms with Gasteiger partial charge in [0.2, 0.25) is 28.1 Å². The number of rotatable bonds is 16. The lowest BCUT2D eigenvalue weighted by Gasteiger charge is -2.39. The zero-order valence-electron chi connectivity index (χ0n) is 31.6. The maximum Gasteiger partial charge on any atom is 0.315 e. The molecule has 1 aliphatic heterocycles. The van der Waals surface area contributed by atoms with Gasteiger partial charge in [-0.1, -0.05) is 54.0 Å². The Bertz CT molecular complexity index is 1380. The lowest BCUT2D eigenvalue weighted by atomic mass is 9.83. The summed E-state index contributed by atoms with van der Waals surface area (Å²) in [5.41, 5.74) is -1.42. The van der Waals surface area contributed by atoms with Crippen LogP contribution in [0.15, 0.2) is 12.7 Å². The predicted octanol–water partition coefficient (Wildman–Crippen LogP) is 5.14. The Morgan fingerprint density at radius 2 is 1.56 bits per heavy atom. The minimum absolute atomic E-state index is 0.00797. The smallest absolute Gasteiger partial charge is 0.315 e. The highest BCUT2D eigenvalue weighted by Gasteiger charge is 2.52. The number of nitrogens with zero attached hydrogens (tertiary/aromatic N) is 2. The number of allylic oxidation sites excluding steroid dienone is 1. The van der Waals surface area contributed by atoms with Crippen molar-refractivity contribution in [1.82, 2.24) is 19.8 Å². The van der Waals surface area contributed by atoms with Crippen molar-refractivity contribution in [3.05, 3.63) is 12.7 Å². The minimum Gasteiger partial charge on any atom is -0.334 e. The Kier molecular flexibility index (Phi) is 14.5. The Labute approximate surface area is 297 Å². The number of halogens is 2. The number of amides is 3. The van der Waals surface area contributed by atoms with Crippen LogP contribution >= 0.6 is 0 Å². The van der Waals surface area contributed by atoms with Crippen molar-refractivity contribution >= 4 is 39.3 Å². The van der Waals surface area contributed by atoms with Gasteiger partial charge in [0, 0.05) is 51.4 Å². The number of urea groups is 1. The van der Waals surface area contributed by atoms with Crippen molar-refractivity contribution < 1.29 is 41.2 Å². The average Bonchev–Trinajstić information content (AvgIpc) is 3.57. The quantitative estimate of drug-likeness (QED) is 0.165. The molecular weight excluding hydrogens is 670 g/mol. The van der Waals surface area contributed by atoms with E-state index in [0.29, 0.717) is 6.42 Å². The van der Waals surface area contributed by atoms with E-state index in [1.54, 1.807) is 41.5 Å². The van der Waals surface area contributed by atoms with Gasteiger partial charge in [-0.15, -0.1) is 6.58 Å². The predicted molar refractivity (Wildman–Crippen MR) is 189 cm³/mol. The topological polar surface area (TPSA) is 150 Å². The molecule has 0 unspecified atom stereocenters. The Morgan fingerprint density at radius 1 is 0.960 bits per heavy atom. The summed E-state index contributed by atoms with van der Waals surface area (Å²) in [6, 6.07) is -3.45. The van der Waals surface area contributed by atoms with Gasteiger partial charge in [-0.25, -0.2) is 26.3 Å². The second-order valence-corrected chi connectivity index (χ2v) is 19.9. The summed E-state index contributed by atoms with van der Waals surface area (Å²) in [4.78, 5) is 68.8. The summed E-state index contributed by atoms with van der Waals surface area (Å²) in [5, 5.41) is 5.67. The van der Waals surface area contributed by atoms with Crippen LogP contribution in [0.3, 0.4) is 0 Å². The highest BCUT2D eigenvalue weighted by Crippen LogP contribution is 2.44. The fourth-order valence-corrected chi connectivity index (χ4v) is 8.18. The molecular formula is C36H60F2N4O7S. The molecule has 1 saturated heterocycles. The minimum atomic E-state index is -3.71. The normalized spacial score (nSPS) is 21.8. The molecule has 2 fully saturated rings. The van der Waals surface area contributed by atoms with E-state index in [1.165, 1.54) is 22.3 Å². The monoisotopic (exact) mass is 730 g/mol. The van der Waals surface area contributed by atoms with Crippen LogP contribution in [0.2, 0.25) is 0 Å². The molecule has 0 spiro atoms. The van der Waals surface area contributed by atoms with E-state index in [2.05, 4.69) is 17.2 Å². The highest BCUT2D eigenvalue weighted by molar-refractivity contribution is 7.90. The molecule has 0 aromatic heterocycles. The van der Waals surface area contributed by atoms with Gasteiger partial charge >= 0.3 is 6.03 Å². The first kappa shape index (κ1) is 43.4. The summed E-state index contributed by atoms with van der Waals surface area (Å²) >= 11 is 0. The number of nitrogens with one attached hydrogen (secondary N) is 2. The molecule has 1 saturated carbocycles. The van der Waals surface area contributed by atoms with Crippen LogP contribution in [0, 0.1) is 28.6 Å². The molecule has 2 N–H and O–H groups in total. The van der Waals surface area contributed by atoms with Crippen molar-refractivity contribution in [2.45, 2.75) is 137 Å². The molecule has 0 aromatic rings. The van der Waals surface area contributed by atoms with Crippen molar-refractivity contribution in [1.29, 1.82) is 0 Å². The van der Waals surface area contributed by atoms with Crippen LogP contribution in [0.5, 0.6) is 0 Å². The molecule has 1 heterocycles. The van der Waals surface area contributed by atoms with E-state index < -0.39 is 98.2 Å². The second-order valence-electron chi connectivity index (χ2n) is 17.1. The van der Waals surface area contributed by atoms with Crippen molar-refractivity contribution in [2.24, 2.45) is 28.6 Å². The Hall–Kier alpha value is -2.74. The molecule has 6 atom stereocenters. The first-order valence-electron chi connectivity index (χ1n) is 17.6. The Morgan fingerprint density at radius 3 is 2.06 bits per heavy atom. The standard InChI is InChI=1S/C36H60F2N4O7S/c1-12-13-17-25(43)30(45)23(19-28(37)38)18-26(44)29-24-16-14-15-22(24)20-42(29)32(46)31(35(5,6)7)40-33(47)39-27(34(2,3)4)21-41(11)50(48,49)36(8,9)10/h12,22-24,27-29,31H,1,13-21H2,2-11H3,(H2,39,40,47)/t22-,23-,24-,27+,29-,31+/m0/s1. The summed E-state index contributed by atoms with van der Waals surface area (Å²) in [5.74, 6) is -4.65. The summed E-state index contributed by atoms with van der Waals surface area (Å²) in [6.45, 7) is 19.4. The van der Waals surface area contributed by atoms with Crippen LogP contribution in [0.4, 0.5) is 13.6 Å². The highest BCUT2D eigenvalue weighted by atomic mass is 32.2. The van der Waals surface area contributed by atoms with Crippen molar-refractivity contribution in [3.63, 3.8) is 0 Å². The van der Waals surface area contributed by atoms with Gasteiger partial charge in [0.15, 0.2) is 11.6 Å². The van der Waals surface area contributed by atoms with Crippen LogP contribution in [0.25, 0.3) is 0 Å². The molecule has 286 valence electrons. The third kappa shape index (κ3) is 10.9. The number of Topliss-reactive ketones (excluding diaryl/α,β-unsaturated/α-hetero) is 3. The first-order chi connectivity index (χ1) is 22.7. The van der Waals surface area contributed by atoms with E-state index in [4.69, 9.17) is 0 Å². The summed E-state index contributed by atoms with van der Waals surface area (Å²) in [7, 11) is -2.25. The Balaban J connectivity index is 2.37. The first-order valence-corrected chi connectivity index (χ1v) is 19.0. The van der Waals surface area contributed by atoms with Gasteiger partial charge in [-0.3, -0.25) is 19.2 Å². The van der Waals surface area contributed by atoms with Crippen LogP contribution in [-0.4, -0.2) is 96.3 Å². The van der Waals surface area contributed by atoms with E-state index in [9.17, 15) is 41.2 Å². The largest absolute Gasteiger partial charge is 0.334 e. The maximum atomic E-state index is 14.4. The van der Waals surface area contributed by atoms with Gasteiger partial charge in [-0.2, -0.15) is 0 Å². The SMILES string of the molecule is C=CCCC(=O)C(=O)[C@@H](CC(=O)[C@@H]1[C@H]2CCC[C@H]2CN1C(=O)[C@@H](NC(=O)N[C@H](CN(C)S(=O)(=O)C(C)(C)C)C(C)(C)C)C(C)(C)C)CC(F)F. The third-order valence-corrected chi connectivity index (χ3v) is 12.5. The molecule has 11 nitrogen and oxygen atoms in total. The molecule has 2 rings (SSSR count). The van der Waals surface area contributed by atoms with Gasteiger partial charge in [0.25, 0.3) is 0 Å². The lowest BCUT2D eigenvalue weighted by molar-refractivity contribution is -0.144. The zero-order valence-corrected chi connectivity index (χ0v) is 32.4. The fourth-order valence-electron chi connectivity index (χ4n) is 6.89. The third-order valence-electron chi connectivity index (χ3n) is 10.00. The van der Waals surface area contributed by atoms with E-state index in [1.807, 2.05) is 20.8 Å². The van der Waals surface area contributed by atoms with Crippen LogP contribution in [-0.2, 0) is 29.2 Å². The van der Waals surface area contributed by atoms with Gasteiger partial charge < -0.3 is 15.5 Å². The zero-order chi connectivity index (χ0) is 38.6. The number of carbonyl (C=O) groups excluding carboxylic acids is 5. The molecule has 2 aliphatic rings. The summed E-state index contributed by atoms with van der Waals surface area (Å²) in [6.07, 6.45) is -0.742. The summed E-state index contributed by atoms with van der Waals surface area (Å²) < 4.78 is 53.5. The average molecular weight is 731 g/mol. The number of likely N-dealkylation sites (tertiary alicyclic amines) is 1.